The first-order chi connectivity index (χ1) is 8.29. The maximum Gasteiger partial charge on any atom is 0.278 e. The third kappa shape index (κ3) is 1.51. The van der Waals surface area contributed by atoms with Crippen molar-refractivity contribution in [3.8, 4) is 0 Å². The summed E-state index contributed by atoms with van der Waals surface area (Å²) in [6.07, 6.45) is 4.99. The Labute approximate surface area is 95.4 Å². The lowest BCUT2D eigenvalue weighted by molar-refractivity contribution is 0.0656. The van der Waals surface area contributed by atoms with Gasteiger partial charge in [0.05, 0.1) is 6.33 Å². The highest BCUT2D eigenvalue weighted by Crippen LogP contribution is 2.27. The van der Waals surface area contributed by atoms with Crippen LogP contribution in [0, 0.1) is 0 Å². The van der Waals surface area contributed by atoms with Gasteiger partial charge in [-0.15, -0.1) is 0 Å². The van der Waals surface area contributed by atoms with Crippen LogP contribution in [-0.2, 0) is 4.74 Å². The number of nitrogens with one attached hydrogen (secondary N) is 1. The van der Waals surface area contributed by atoms with Crippen molar-refractivity contribution in [2.75, 3.05) is 6.61 Å². The molecule has 88 valence electrons. The molecular formula is C10H10N4O3. The average Bonchev–Trinajstić information content (AvgIpc) is 2.94. The highest BCUT2D eigenvalue weighted by atomic mass is 16.5. The molecule has 7 heteroatoms. The molecule has 0 spiro atoms. The standard InChI is InChI=1S/C10H10N4O3/c15-3-6-1-2-7(17-6)14-5-13-8-9(14)11-4-12-10(8)16/h1,4-5,7,15H,2-3H2,(H,11,12,16). The van der Waals surface area contributed by atoms with E-state index in [0.717, 1.165) is 0 Å². The molecular weight excluding hydrogens is 224 g/mol. The lowest BCUT2D eigenvalue weighted by Gasteiger charge is -2.13. The van der Waals surface area contributed by atoms with E-state index in [0.29, 0.717) is 17.8 Å². The molecule has 0 aromatic carbocycles. The predicted octanol–water partition coefficient (Wildman–Crippen LogP) is -0.0853. The van der Waals surface area contributed by atoms with E-state index in [1.54, 1.807) is 4.57 Å². The molecule has 1 aliphatic heterocycles. The molecule has 17 heavy (non-hydrogen) atoms. The van der Waals surface area contributed by atoms with Crippen molar-refractivity contribution in [1.29, 1.82) is 0 Å². The summed E-state index contributed by atoms with van der Waals surface area (Å²) in [5.74, 6) is 0.529. The van der Waals surface area contributed by atoms with Crippen molar-refractivity contribution in [1.82, 2.24) is 19.5 Å². The van der Waals surface area contributed by atoms with Gasteiger partial charge in [-0.25, -0.2) is 9.97 Å². The second-order valence-electron chi connectivity index (χ2n) is 3.69. The fraction of sp³-hybridized carbons (Fsp3) is 0.300. The van der Waals surface area contributed by atoms with Crippen molar-refractivity contribution in [3.63, 3.8) is 0 Å². The molecule has 0 fully saturated rings. The molecule has 0 amide bonds. The summed E-state index contributed by atoms with van der Waals surface area (Å²) < 4.78 is 7.17. The minimum atomic E-state index is -0.295. The van der Waals surface area contributed by atoms with E-state index < -0.39 is 0 Å². The number of fused-ring (bicyclic) bond motifs is 1. The molecule has 1 unspecified atom stereocenters. The second-order valence-corrected chi connectivity index (χ2v) is 3.69. The number of ether oxygens (including phenoxy) is 1. The summed E-state index contributed by atoms with van der Waals surface area (Å²) >= 11 is 0. The van der Waals surface area contributed by atoms with Crippen LogP contribution in [0.4, 0.5) is 0 Å². The predicted molar refractivity (Wildman–Crippen MR) is 58.1 cm³/mol. The maximum absolute atomic E-state index is 11.5. The van der Waals surface area contributed by atoms with Gasteiger partial charge < -0.3 is 14.8 Å². The zero-order valence-corrected chi connectivity index (χ0v) is 8.83. The van der Waals surface area contributed by atoms with Gasteiger partial charge in [-0.2, -0.15) is 0 Å². The topological polar surface area (TPSA) is 93.0 Å². The van der Waals surface area contributed by atoms with E-state index in [4.69, 9.17) is 9.84 Å². The van der Waals surface area contributed by atoms with Gasteiger partial charge >= 0.3 is 0 Å². The lowest BCUT2D eigenvalue weighted by Crippen LogP contribution is -2.11. The van der Waals surface area contributed by atoms with Gasteiger partial charge in [0.2, 0.25) is 0 Å². The fourth-order valence-electron chi connectivity index (χ4n) is 1.85. The number of hydrogen-bond acceptors (Lipinski definition) is 5. The van der Waals surface area contributed by atoms with Gasteiger partial charge in [0.25, 0.3) is 5.56 Å². The Morgan fingerprint density at radius 1 is 1.59 bits per heavy atom. The number of rotatable bonds is 2. The molecule has 0 saturated heterocycles. The third-order valence-corrected chi connectivity index (χ3v) is 2.67. The van der Waals surface area contributed by atoms with Crippen LogP contribution in [0.3, 0.4) is 0 Å². The molecule has 0 radical (unpaired) electrons. The Balaban J connectivity index is 2.03. The van der Waals surface area contributed by atoms with Crippen molar-refractivity contribution < 1.29 is 9.84 Å². The molecule has 2 aromatic rings. The van der Waals surface area contributed by atoms with E-state index in [2.05, 4.69) is 15.0 Å². The van der Waals surface area contributed by atoms with Crippen molar-refractivity contribution in [2.45, 2.75) is 12.6 Å². The van der Waals surface area contributed by atoms with Crippen LogP contribution < -0.4 is 5.56 Å². The van der Waals surface area contributed by atoms with Gasteiger partial charge in [-0.05, 0) is 6.08 Å². The molecule has 3 rings (SSSR count). The summed E-state index contributed by atoms with van der Waals surface area (Å²) in [7, 11) is 0. The zero-order chi connectivity index (χ0) is 11.8. The van der Waals surface area contributed by atoms with Crippen LogP contribution in [0.25, 0.3) is 11.2 Å². The molecule has 2 N–H and O–H groups in total. The molecule has 1 aliphatic rings. The first-order valence-electron chi connectivity index (χ1n) is 5.16. The number of aromatic amines is 1. The third-order valence-electron chi connectivity index (χ3n) is 2.67. The lowest BCUT2D eigenvalue weighted by atomic mass is 10.3. The molecule has 3 heterocycles. The maximum atomic E-state index is 11.5. The largest absolute Gasteiger partial charge is 0.472 e. The van der Waals surface area contributed by atoms with Gasteiger partial charge in [-0.1, -0.05) is 0 Å². The summed E-state index contributed by atoms with van der Waals surface area (Å²) in [6.45, 7) is -0.128. The van der Waals surface area contributed by atoms with E-state index in [1.807, 2.05) is 6.08 Å². The summed E-state index contributed by atoms with van der Waals surface area (Å²) in [5.41, 5.74) is 0.488. The first-order valence-corrected chi connectivity index (χ1v) is 5.16. The summed E-state index contributed by atoms with van der Waals surface area (Å²) in [4.78, 5) is 22.0. The van der Waals surface area contributed by atoms with Crippen LogP contribution in [0.5, 0.6) is 0 Å². The number of imidazole rings is 1. The number of hydrogen-bond donors (Lipinski definition) is 2. The molecule has 1 atom stereocenters. The number of nitrogens with zero attached hydrogens (tertiary/aromatic N) is 3. The van der Waals surface area contributed by atoms with E-state index in [9.17, 15) is 4.79 Å². The number of H-pyrrole nitrogens is 1. The van der Waals surface area contributed by atoms with Crippen LogP contribution in [0.1, 0.15) is 12.6 Å². The highest BCUT2D eigenvalue weighted by molar-refractivity contribution is 5.68. The summed E-state index contributed by atoms with van der Waals surface area (Å²) in [5, 5.41) is 8.95. The fourth-order valence-corrected chi connectivity index (χ4v) is 1.85. The molecule has 0 bridgehead atoms. The van der Waals surface area contributed by atoms with Crippen LogP contribution in [0.2, 0.25) is 0 Å². The number of aliphatic hydroxyl groups excluding tert-OH is 1. The van der Waals surface area contributed by atoms with E-state index in [-0.39, 0.29) is 23.9 Å². The second kappa shape index (κ2) is 3.70. The van der Waals surface area contributed by atoms with Crippen molar-refractivity contribution >= 4 is 11.2 Å². The van der Waals surface area contributed by atoms with Crippen LogP contribution in [-0.4, -0.2) is 31.2 Å². The quantitative estimate of drug-likeness (QED) is 0.757. The first kappa shape index (κ1) is 10.0. The smallest absolute Gasteiger partial charge is 0.278 e. The zero-order valence-electron chi connectivity index (χ0n) is 8.83. The van der Waals surface area contributed by atoms with Gasteiger partial charge in [0.1, 0.15) is 18.7 Å². The highest BCUT2D eigenvalue weighted by Gasteiger charge is 2.22. The number of aliphatic hydroxyl groups is 1. The Morgan fingerprint density at radius 3 is 3.24 bits per heavy atom. The minimum absolute atomic E-state index is 0.128. The molecule has 0 aliphatic carbocycles. The summed E-state index contributed by atoms with van der Waals surface area (Å²) in [6, 6.07) is 0. The van der Waals surface area contributed by atoms with Crippen molar-refractivity contribution in [2.24, 2.45) is 0 Å². The van der Waals surface area contributed by atoms with E-state index in [1.165, 1.54) is 12.7 Å². The number of aromatic nitrogens is 4. The normalized spacial score (nSPS) is 19.4. The SMILES string of the molecule is O=c1[nH]cnc2c1ncn2C1CC=C(CO)O1. The van der Waals surface area contributed by atoms with Gasteiger partial charge in [0, 0.05) is 6.42 Å². The Kier molecular flexibility index (Phi) is 2.19. The minimum Gasteiger partial charge on any atom is -0.472 e. The van der Waals surface area contributed by atoms with Crippen LogP contribution in [0.15, 0.2) is 29.3 Å². The Morgan fingerprint density at radius 2 is 2.47 bits per heavy atom. The van der Waals surface area contributed by atoms with Crippen molar-refractivity contribution in [3.05, 3.63) is 34.8 Å². The molecule has 2 aromatic heterocycles. The Bertz CT molecular complexity index is 642. The molecule has 0 saturated carbocycles. The average molecular weight is 234 g/mol. The Hall–Kier alpha value is -2.15. The monoisotopic (exact) mass is 234 g/mol. The van der Waals surface area contributed by atoms with Gasteiger partial charge in [-0.3, -0.25) is 9.36 Å². The van der Waals surface area contributed by atoms with E-state index >= 15 is 0 Å². The molecule has 7 nitrogen and oxygen atoms in total. The van der Waals surface area contributed by atoms with Gasteiger partial charge in [0.15, 0.2) is 17.4 Å². The van der Waals surface area contributed by atoms with Crippen LogP contribution >= 0.6 is 0 Å².